The summed E-state index contributed by atoms with van der Waals surface area (Å²) in [6, 6.07) is 0. The molecule has 0 atom stereocenters. The van der Waals surface area contributed by atoms with Crippen molar-refractivity contribution in [3.63, 3.8) is 0 Å². The average molecular weight is 182 g/mol. The van der Waals surface area contributed by atoms with Crippen molar-refractivity contribution in [2.45, 2.75) is 0 Å². The van der Waals surface area contributed by atoms with Crippen LogP contribution in [0.3, 0.4) is 0 Å². The van der Waals surface area contributed by atoms with Gasteiger partial charge in [-0.15, -0.1) is 9.96 Å². The Hall–Kier alpha value is -2.46. The zero-order chi connectivity index (χ0) is 9.10. The van der Waals surface area contributed by atoms with Crippen LogP contribution in [0.25, 0.3) is 0 Å². The summed E-state index contributed by atoms with van der Waals surface area (Å²) >= 11 is 0. The Morgan fingerprint density at radius 2 is 1.92 bits per heavy atom. The second-order valence-corrected chi connectivity index (χ2v) is 1.80. The molecule has 2 heterocycles. The number of tetrazole rings is 2. The maximum absolute atomic E-state index is 11.0. The third-order valence-corrected chi connectivity index (χ3v) is 1.02. The lowest BCUT2D eigenvalue weighted by Crippen LogP contribution is -1.93. The smallest absolute Gasteiger partial charge is 0.499 e. The van der Waals surface area contributed by atoms with Crippen LogP contribution in [0, 0.1) is 5.21 Å². The van der Waals surface area contributed by atoms with E-state index >= 15 is 0 Å². The lowest BCUT2D eigenvalue weighted by atomic mass is 11.1. The van der Waals surface area contributed by atoms with Gasteiger partial charge in [-0.05, 0) is 5.21 Å². The molecule has 0 bridgehead atoms. The number of rotatable bonds is 2. The van der Waals surface area contributed by atoms with Gasteiger partial charge >= 0.3 is 11.9 Å². The van der Waals surface area contributed by atoms with Gasteiger partial charge in [-0.1, -0.05) is 15.4 Å². The van der Waals surface area contributed by atoms with Crippen molar-refractivity contribution in [1.82, 2.24) is 41.2 Å². The fourth-order valence-corrected chi connectivity index (χ4v) is 0.562. The molecule has 2 rings (SSSR count). The van der Waals surface area contributed by atoms with Gasteiger partial charge in [-0.3, -0.25) is 0 Å². The van der Waals surface area contributed by atoms with Crippen molar-refractivity contribution in [2.75, 3.05) is 0 Å². The monoisotopic (exact) mass is 182 g/mol. The third-order valence-electron chi connectivity index (χ3n) is 1.02. The summed E-state index contributed by atoms with van der Waals surface area (Å²) in [6.45, 7) is 0. The van der Waals surface area contributed by atoms with Crippen LogP contribution in [0.4, 0.5) is 11.9 Å². The summed E-state index contributed by atoms with van der Waals surface area (Å²) in [5, 5.41) is 38.6. The number of aromatic amines is 2. The van der Waals surface area contributed by atoms with Gasteiger partial charge in [0.05, 0.1) is 5.10 Å². The molecule has 13 heavy (non-hydrogen) atoms. The molecule has 0 aliphatic carbocycles. The average Bonchev–Trinajstić information content (AvgIpc) is 2.74. The molecule has 0 aliphatic heterocycles. The van der Waals surface area contributed by atoms with Gasteiger partial charge in [0.2, 0.25) is 0 Å². The molecule has 0 aliphatic rings. The van der Waals surface area contributed by atoms with Crippen LogP contribution >= 0.6 is 0 Å². The fourth-order valence-electron chi connectivity index (χ4n) is 0.562. The van der Waals surface area contributed by atoms with Crippen LogP contribution in [-0.2, 0) is 0 Å². The van der Waals surface area contributed by atoms with Gasteiger partial charge in [0.1, 0.15) is 0 Å². The molecule has 0 spiro atoms. The van der Waals surface area contributed by atoms with E-state index in [0.29, 0.717) is 0 Å². The first-order valence-electron chi connectivity index (χ1n) is 3.02. The first-order valence-corrected chi connectivity index (χ1v) is 3.02. The molecule has 0 amide bonds. The Morgan fingerprint density at radius 3 is 2.54 bits per heavy atom. The normalized spacial score (nSPS) is 11.8. The van der Waals surface area contributed by atoms with Crippen molar-refractivity contribution >= 4 is 11.9 Å². The van der Waals surface area contributed by atoms with E-state index in [4.69, 9.17) is 0 Å². The molecule has 2 aromatic heterocycles. The molecular formula is C2H2N10O. The van der Waals surface area contributed by atoms with E-state index in [0.717, 1.165) is 0 Å². The maximum Gasteiger partial charge on any atom is 0.499 e. The van der Waals surface area contributed by atoms with Crippen LogP contribution in [0.5, 0.6) is 0 Å². The second-order valence-electron chi connectivity index (χ2n) is 1.80. The van der Waals surface area contributed by atoms with E-state index in [1.165, 1.54) is 0 Å². The van der Waals surface area contributed by atoms with Crippen LogP contribution in [0.1, 0.15) is 0 Å². The Balaban J connectivity index is 2.27. The minimum atomic E-state index is -0.232. The fraction of sp³-hybridized carbons (Fsp3) is 0. The van der Waals surface area contributed by atoms with Gasteiger partial charge in [-0.2, -0.15) is 5.21 Å². The zero-order valence-corrected chi connectivity index (χ0v) is 5.99. The lowest BCUT2D eigenvalue weighted by molar-refractivity contribution is -0.444. The molecule has 11 heteroatoms. The SMILES string of the molecule is [O-][N+](=Nc1nn[nH]n1)c1nn[nH]n1. The Kier molecular flexibility index (Phi) is 1.60. The second kappa shape index (κ2) is 2.88. The standard InChI is InChI=1S/C2H2N10O/c13-12(2-5-10-11-6-2)7-1-3-8-9-4-1/h(H,3,4,8,9)(H,5,6,10,11). The number of nitrogens with zero attached hydrogens (tertiary/aromatic N) is 8. The van der Waals surface area contributed by atoms with Gasteiger partial charge in [0.25, 0.3) is 0 Å². The van der Waals surface area contributed by atoms with Crippen molar-refractivity contribution in [2.24, 2.45) is 5.11 Å². The van der Waals surface area contributed by atoms with Crippen LogP contribution in [0.2, 0.25) is 0 Å². The van der Waals surface area contributed by atoms with Gasteiger partial charge in [0.15, 0.2) is 0 Å². The molecule has 0 saturated heterocycles. The molecular weight excluding hydrogens is 180 g/mol. The van der Waals surface area contributed by atoms with Crippen LogP contribution < -0.4 is 0 Å². The van der Waals surface area contributed by atoms with Gasteiger partial charge in [0, 0.05) is 10.3 Å². The summed E-state index contributed by atoms with van der Waals surface area (Å²) in [4.78, 5) is 0.119. The molecule has 0 aromatic carbocycles. The highest BCUT2D eigenvalue weighted by Crippen LogP contribution is 2.03. The van der Waals surface area contributed by atoms with Crippen LogP contribution in [-0.4, -0.2) is 46.1 Å². The summed E-state index contributed by atoms with van der Waals surface area (Å²) in [6.07, 6.45) is 0. The molecule has 0 saturated carbocycles. The van der Waals surface area contributed by atoms with E-state index in [9.17, 15) is 5.21 Å². The number of hydrogen-bond acceptors (Lipinski definition) is 8. The molecule has 2 N–H and O–H groups in total. The minimum absolute atomic E-state index is 0.111. The van der Waals surface area contributed by atoms with Crippen molar-refractivity contribution in [1.29, 1.82) is 0 Å². The highest BCUT2D eigenvalue weighted by Gasteiger charge is 2.09. The Bertz CT molecular complexity index is 384. The first-order chi connectivity index (χ1) is 6.36. The van der Waals surface area contributed by atoms with Gasteiger partial charge < -0.3 is 5.21 Å². The molecule has 2 aromatic rings. The summed E-state index contributed by atoms with van der Waals surface area (Å²) in [5.41, 5.74) is 0. The molecule has 0 fully saturated rings. The van der Waals surface area contributed by atoms with E-state index in [1.807, 2.05) is 0 Å². The third kappa shape index (κ3) is 1.42. The number of H-pyrrole nitrogens is 2. The molecule has 66 valence electrons. The topological polar surface area (TPSA) is 147 Å². The quantitative estimate of drug-likeness (QED) is 0.331. The predicted molar refractivity (Wildman–Crippen MR) is 33.7 cm³/mol. The van der Waals surface area contributed by atoms with Crippen molar-refractivity contribution in [3.8, 4) is 0 Å². The predicted octanol–water partition coefficient (Wildman–Crippen LogP) is -1.36. The number of azo groups is 1. The summed E-state index contributed by atoms with van der Waals surface area (Å²) in [5.74, 6) is -0.343. The highest BCUT2D eigenvalue weighted by atomic mass is 16.5. The molecule has 0 unspecified atom stereocenters. The number of aromatic nitrogens is 8. The van der Waals surface area contributed by atoms with Crippen LogP contribution in [0.15, 0.2) is 5.11 Å². The summed E-state index contributed by atoms with van der Waals surface area (Å²) < 4.78 is 0. The zero-order valence-electron chi connectivity index (χ0n) is 5.99. The summed E-state index contributed by atoms with van der Waals surface area (Å²) in [7, 11) is 0. The largest absolute Gasteiger partial charge is 0.721 e. The van der Waals surface area contributed by atoms with E-state index in [1.54, 1.807) is 0 Å². The highest BCUT2D eigenvalue weighted by molar-refractivity contribution is 5.03. The minimum Gasteiger partial charge on any atom is -0.721 e. The van der Waals surface area contributed by atoms with Crippen molar-refractivity contribution in [3.05, 3.63) is 5.21 Å². The Labute approximate surface area is 69.4 Å². The Morgan fingerprint density at radius 1 is 1.15 bits per heavy atom. The molecule has 0 radical (unpaired) electrons. The van der Waals surface area contributed by atoms with E-state index in [-0.39, 0.29) is 16.8 Å². The maximum atomic E-state index is 11.0. The first kappa shape index (κ1) is 7.20. The number of nitrogens with one attached hydrogen (secondary N) is 2. The lowest BCUT2D eigenvalue weighted by Gasteiger charge is -1.95. The van der Waals surface area contributed by atoms with Crippen molar-refractivity contribution < 1.29 is 4.86 Å². The van der Waals surface area contributed by atoms with Gasteiger partial charge in [-0.25, -0.2) is 0 Å². The number of hydrogen-bond donors (Lipinski definition) is 2. The van der Waals surface area contributed by atoms with E-state index in [2.05, 4.69) is 46.4 Å². The van der Waals surface area contributed by atoms with E-state index < -0.39 is 0 Å². The molecule has 11 nitrogen and oxygen atoms in total.